The zero-order chi connectivity index (χ0) is 7.98. The van der Waals surface area contributed by atoms with Crippen LogP contribution in [-0.2, 0) is 9.53 Å². The Bertz CT molecular complexity index is 108. The number of halogens is 1. The first-order chi connectivity index (χ1) is 4.70. The predicted octanol–water partition coefficient (Wildman–Crippen LogP) is 0.573. The molecule has 0 spiro atoms. The topological polar surface area (TPSA) is 38.3 Å². The van der Waals surface area contributed by atoms with Gasteiger partial charge in [0.05, 0.1) is 11.0 Å². The summed E-state index contributed by atoms with van der Waals surface area (Å²) in [5, 5.41) is 2.76. The summed E-state index contributed by atoms with van der Waals surface area (Å²) in [6, 6.07) is 0.118. The minimum atomic E-state index is 0.0603. The van der Waals surface area contributed by atoms with Gasteiger partial charge in [0.25, 0.3) is 0 Å². The molecular weight excluding hydrogens is 245 g/mol. The summed E-state index contributed by atoms with van der Waals surface area (Å²) in [6.45, 7) is 2.48. The third-order valence-electron chi connectivity index (χ3n) is 0.945. The standard InChI is InChI=1S/C6H12INO2/c1-5(4-10-2)8-6(9)3-7/h5H,3-4H2,1-2H3,(H,8,9). The highest BCUT2D eigenvalue weighted by atomic mass is 127. The van der Waals surface area contributed by atoms with Crippen molar-refractivity contribution >= 4 is 28.5 Å². The Morgan fingerprint density at radius 2 is 2.40 bits per heavy atom. The van der Waals surface area contributed by atoms with Crippen molar-refractivity contribution in [1.29, 1.82) is 0 Å². The van der Waals surface area contributed by atoms with Gasteiger partial charge in [0, 0.05) is 13.2 Å². The maximum absolute atomic E-state index is 10.7. The van der Waals surface area contributed by atoms with Gasteiger partial charge in [-0.2, -0.15) is 0 Å². The molecule has 1 atom stereocenters. The number of ether oxygens (including phenoxy) is 1. The molecule has 0 saturated heterocycles. The number of amides is 1. The molecule has 4 heteroatoms. The van der Waals surface area contributed by atoms with E-state index in [4.69, 9.17) is 4.74 Å². The largest absolute Gasteiger partial charge is 0.383 e. The predicted molar refractivity (Wildman–Crippen MR) is 48.4 cm³/mol. The lowest BCUT2D eigenvalue weighted by Crippen LogP contribution is -2.36. The highest BCUT2D eigenvalue weighted by Gasteiger charge is 2.03. The minimum Gasteiger partial charge on any atom is -0.383 e. The summed E-state index contributed by atoms with van der Waals surface area (Å²) in [5.74, 6) is 0.0603. The molecule has 1 amide bonds. The molecule has 0 saturated carbocycles. The molecule has 0 bridgehead atoms. The van der Waals surface area contributed by atoms with Crippen molar-refractivity contribution in [3.8, 4) is 0 Å². The van der Waals surface area contributed by atoms with Crippen LogP contribution in [0.5, 0.6) is 0 Å². The smallest absolute Gasteiger partial charge is 0.230 e. The van der Waals surface area contributed by atoms with Gasteiger partial charge in [-0.25, -0.2) is 0 Å². The molecule has 0 aliphatic rings. The van der Waals surface area contributed by atoms with E-state index in [1.165, 1.54) is 0 Å². The van der Waals surface area contributed by atoms with Crippen LogP contribution >= 0.6 is 22.6 Å². The third-order valence-corrected chi connectivity index (χ3v) is 1.64. The lowest BCUT2D eigenvalue weighted by Gasteiger charge is -2.10. The SMILES string of the molecule is COCC(C)NC(=O)CI. The summed E-state index contributed by atoms with van der Waals surface area (Å²) >= 11 is 2.02. The van der Waals surface area contributed by atoms with Crippen molar-refractivity contribution < 1.29 is 9.53 Å². The van der Waals surface area contributed by atoms with Crippen LogP contribution in [0.25, 0.3) is 0 Å². The van der Waals surface area contributed by atoms with E-state index >= 15 is 0 Å². The number of hydrogen-bond donors (Lipinski definition) is 1. The Kier molecular flexibility index (Phi) is 6.00. The Balaban J connectivity index is 3.37. The van der Waals surface area contributed by atoms with Gasteiger partial charge < -0.3 is 10.1 Å². The zero-order valence-corrected chi connectivity index (χ0v) is 8.34. The quantitative estimate of drug-likeness (QED) is 0.590. The number of methoxy groups -OCH3 is 1. The molecule has 1 N–H and O–H groups in total. The highest BCUT2D eigenvalue weighted by molar-refractivity contribution is 14.1. The second kappa shape index (κ2) is 5.91. The average Bonchev–Trinajstić information content (AvgIpc) is 1.88. The summed E-state index contributed by atoms with van der Waals surface area (Å²) in [7, 11) is 1.62. The molecular formula is C6H12INO2. The maximum Gasteiger partial charge on any atom is 0.230 e. The van der Waals surface area contributed by atoms with Crippen molar-refractivity contribution in [1.82, 2.24) is 5.32 Å². The Hall–Kier alpha value is 0.160. The Morgan fingerprint density at radius 1 is 1.80 bits per heavy atom. The van der Waals surface area contributed by atoms with Crippen LogP contribution in [0.15, 0.2) is 0 Å². The molecule has 0 heterocycles. The molecule has 0 aromatic carbocycles. The van der Waals surface area contributed by atoms with E-state index in [9.17, 15) is 4.79 Å². The first kappa shape index (κ1) is 10.2. The fourth-order valence-electron chi connectivity index (χ4n) is 0.605. The van der Waals surface area contributed by atoms with Crippen molar-refractivity contribution in [3.05, 3.63) is 0 Å². The molecule has 0 aromatic rings. The van der Waals surface area contributed by atoms with E-state index in [-0.39, 0.29) is 11.9 Å². The first-order valence-electron chi connectivity index (χ1n) is 3.05. The van der Waals surface area contributed by atoms with Crippen LogP contribution in [-0.4, -0.2) is 30.1 Å². The third kappa shape index (κ3) is 4.99. The van der Waals surface area contributed by atoms with Gasteiger partial charge in [-0.05, 0) is 6.92 Å². The normalized spacial score (nSPS) is 12.7. The summed E-state index contributed by atoms with van der Waals surface area (Å²) in [4.78, 5) is 10.7. The highest BCUT2D eigenvalue weighted by Crippen LogP contribution is 1.85. The fourth-order valence-corrected chi connectivity index (χ4v) is 0.825. The summed E-state index contributed by atoms with van der Waals surface area (Å²) < 4.78 is 5.34. The number of alkyl halides is 1. The number of carbonyl (C=O) groups excluding carboxylic acids is 1. The van der Waals surface area contributed by atoms with E-state index in [1.54, 1.807) is 7.11 Å². The molecule has 0 aliphatic carbocycles. The van der Waals surface area contributed by atoms with Crippen molar-refractivity contribution in [2.75, 3.05) is 18.1 Å². The van der Waals surface area contributed by atoms with Gasteiger partial charge in [0.2, 0.25) is 5.91 Å². The monoisotopic (exact) mass is 257 g/mol. The van der Waals surface area contributed by atoms with Crippen LogP contribution in [0.4, 0.5) is 0 Å². The van der Waals surface area contributed by atoms with Gasteiger partial charge in [-0.3, -0.25) is 4.79 Å². The number of carbonyl (C=O) groups is 1. The second-order valence-electron chi connectivity index (χ2n) is 2.06. The minimum absolute atomic E-state index is 0.0603. The van der Waals surface area contributed by atoms with E-state index in [2.05, 4.69) is 5.32 Å². The molecule has 1 unspecified atom stereocenters. The molecule has 0 fully saturated rings. The summed E-state index contributed by atoms with van der Waals surface area (Å²) in [6.07, 6.45) is 0. The Labute approximate surface area is 74.7 Å². The fraction of sp³-hybridized carbons (Fsp3) is 0.833. The van der Waals surface area contributed by atoms with E-state index in [1.807, 2.05) is 29.5 Å². The lowest BCUT2D eigenvalue weighted by molar-refractivity contribution is -0.119. The van der Waals surface area contributed by atoms with E-state index in [0.717, 1.165) is 0 Å². The van der Waals surface area contributed by atoms with Crippen molar-refractivity contribution in [2.45, 2.75) is 13.0 Å². The molecule has 0 radical (unpaired) electrons. The van der Waals surface area contributed by atoms with E-state index in [0.29, 0.717) is 11.0 Å². The van der Waals surface area contributed by atoms with Crippen LogP contribution in [0.2, 0.25) is 0 Å². The van der Waals surface area contributed by atoms with Gasteiger partial charge in [-0.15, -0.1) is 0 Å². The van der Waals surface area contributed by atoms with Crippen molar-refractivity contribution in [2.24, 2.45) is 0 Å². The first-order valence-corrected chi connectivity index (χ1v) is 4.57. The molecule has 0 rings (SSSR count). The number of rotatable bonds is 4. The van der Waals surface area contributed by atoms with Crippen molar-refractivity contribution in [3.63, 3.8) is 0 Å². The van der Waals surface area contributed by atoms with Crippen LogP contribution in [0, 0.1) is 0 Å². The van der Waals surface area contributed by atoms with Gasteiger partial charge in [0.1, 0.15) is 0 Å². The van der Waals surface area contributed by atoms with Gasteiger partial charge in [-0.1, -0.05) is 22.6 Å². The second-order valence-corrected chi connectivity index (χ2v) is 2.82. The Morgan fingerprint density at radius 3 is 2.80 bits per heavy atom. The maximum atomic E-state index is 10.7. The van der Waals surface area contributed by atoms with E-state index < -0.39 is 0 Å². The molecule has 3 nitrogen and oxygen atoms in total. The van der Waals surface area contributed by atoms with Crippen LogP contribution < -0.4 is 5.32 Å². The molecule has 0 aliphatic heterocycles. The van der Waals surface area contributed by atoms with Crippen LogP contribution in [0.1, 0.15) is 6.92 Å². The number of hydrogen-bond acceptors (Lipinski definition) is 2. The molecule has 10 heavy (non-hydrogen) atoms. The zero-order valence-electron chi connectivity index (χ0n) is 6.19. The number of nitrogens with one attached hydrogen (secondary N) is 1. The van der Waals surface area contributed by atoms with Gasteiger partial charge >= 0.3 is 0 Å². The average molecular weight is 257 g/mol. The van der Waals surface area contributed by atoms with Gasteiger partial charge in [0.15, 0.2) is 0 Å². The molecule has 0 aromatic heterocycles. The summed E-state index contributed by atoms with van der Waals surface area (Å²) in [5.41, 5.74) is 0. The molecule has 60 valence electrons. The van der Waals surface area contributed by atoms with Crippen LogP contribution in [0.3, 0.4) is 0 Å². The lowest BCUT2D eigenvalue weighted by atomic mass is 10.3.